The predicted molar refractivity (Wildman–Crippen MR) is 176 cm³/mol. The third-order valence-electron chi connectivity index (χ3n) is 9.33. The Morgan fingerprint density at radius 3 is 2.07 bits per heavy atom. The highest BCUT2D eigenvalue weighted by molar-refractivity contribution is 5.89. The smallest absolute Gasteiger partial charge is 0.243 e. The Balaban J connectivity index is 2.27. The third kappa shape index (κ3) is 13.5. The molecule has 0 saturated heterocycles. The van der Waals surface area contributed by atoms with Crippen molar-refractivity contribution in [1.82, 2.24) is 16.0 Å². The molecule has 0 aliphatic heterocycles. The molecule has 0 spiro atoms. The topological polar surface area (TPSA) is 125 Å². The van der Waals surface area contributed by atoms with E-state index in [0.717, 1.165) is 37.2 Å². The number of carbonyl (C=O) groups is 4. The van der Waals surface area contributed by atoms with E-state index in [1.165, 1.54) is 46.0 Å². The summed E-state index contributed by atoms with van der Waals surface area (Å²) in [6, 6.07) is 7.84. The standard InChI is InChI=1S/C36H59N3O5/c1-7-25(4)35(38-27(6)41)33(43)23-30(20-14-19-28-15-10-8-11-16-28)22-32(42)31(21-29-17-12-9-13-18-29)39-36(44)34(24(2)3)37-26(5)40/h9,12-13,17-18,24-25,28,30-32,34-35,42H,7-8,10-11,14-16,19-23H2,1-6H3,(H,37,40)(H,38,41)(H,39,44)/t25?,30-,31-,32-,34-,35-/m0/s1. The summed E-state index contributed by atoms with van der Waals surface area (Å²) >= 11 is 0. The molecule has 1 aliphatic carbocycles. The van der Waals surface area contributed by atoms with E-state index >= 15 is 0 Å². The maximum atomic E-state index is 13.6. The first-order chi connectivity index (χ1) is 20.9. The molecule has 1 aliphatic rings. The summed E-state index contributed by atoms with van der Waals surface area (Å²) in [7, 11) is 0. The van der Waals surface area contributed by atoms with E-state index in [0.29, 0.717) is 12.8 Å². The first-order valence-corrected chi connectivity index (χ1v) is 17.0. The summed E-state index contributed by atoms with van der Waals surface area (Å²) in [5.74, 6) is -0.332. The van der Waals surface area contributed by atoms with Crippen LogP contribution in [0, 0.1) is 23.7 Å². The van der Waals surface area contributed by atoms with Crippen molar-refractivity contribution in [2.24, 2.45) is 23.7 Å². The zero-order chi connectivity index (χ0) is 32.6. The first kappa shape index (κ1) is 37.4. The largest absolute Gasteiger partial charge is 0.391 e. The number of amides is 3. The zero-order valence-corrected chi connectivity index (χ0v) is 28.1. The van der Waals surface area contributed by atoms with Crippen LogP contribution in [0.1, 0.15) is 118 Å². The van der Waals surface area contributed by atoms with Gasteiger partial charge in [0.05, 0.1) is 18.2 Å². The summed E-state index contributed by atoms with van der Waals surface area (Å²) in [6.07, 6.45) is 10.2. The normalized spacial score (nSPS) is 18.0. The van der Waals surface area contributed by atoms with Gasteiger partial charge in [-0.25, -0.2) is 0 Å². The Hall–Kier alpha value is -2.74. The van der Waals surface area contributed by atoms with Crippen LogP contribution < -0.4 is 16.0 Å². The quantitative estimate of drug-likeness (QED) is 0.164. The monoisotopic (exact) mass is 613 g/mol. The fraction of sp³-hybridized carbons (Fsp3) is 0.722. The number of aliphatic hydroxyl groups excluding tert-OH is 1. The molecule has 0 radical (unpaired) electrons. The first-order valence-electron chi connectivity index (χ1n) is 17.0. The van der Waals surface area contributed by atoms with Gasteiger partial charge in [-0.3, -0.25) is 19.2 Å². The van der Waals surface area contributed by atoms with E-state index in [1.54, 1.807) is 0 Å². The predicted octanol–water partition coefficient (Wildman–Crippen LogP) is 5.50. The van der Waals surface area contributed by atoms with Crippen LogP contribution in [-0.4, -0.2) is 52.8 Å². The lowest BCUT2D eigenvalue weighted by Gasteiger charge is -2.31. The lowest BCUT2D eigenvalue weighted by molar-refractivity contribution is -0.130. The fourth-order valence-electron chi connectivity index (χ4n) is 6.56. The number of benzene rings is 1. The van der Waals surface area contributed by atoms with Crippen molar-refractivity contribution in [2.45, 2.75) is 143 Å². The molecule has 0 bridgehead atoms. The van der Waals surface area contributed by atoms with E-state index < -0.39 is 24.2 Å². The van der Waals surface area contributed by atoms with E-state index in [9.17, 15) is 24.3 Å². The van der Waals surface area contributed by atoms with Crippen molar-refractivity contribution in [3.63, 3.8) is 0 Å². The van der Waals surface area contributed by atoms with Crippen LogP contribution in [0.15, 0.2) is 30.3 Å². The minimum absolute atomic E-state index is 0.00130. The molecule has 4 N–H and O–H groups in total. The van der Waals surface area contributed by atoms with Crippen molar-refractivity contribution in [3.05, 3.63) is 35.9 Å². The van der Waals surface area contributed by atoms with E-state index in [2.05, 4.69) is 16.0 Å². The lowest BCUT2D eigenvalue weighted by atomic mass is 9.81. The molecule has 0 heterocycles. The molecule has 1 aromatic carbocycles. The van der Waals surface area contributed by atoms with Crippen LogP contribution in [0.25, 0.3) is 0 Å². The molecule has 248 valence electrons. The van der Waals surface area contributed by atoms with Crippen LogP contribution in [-0.2, 0) is 25.6 Å². The molecule has 3 amide bonds. The van der Waals surface area contributed by atoms with Gasteiger partial charge in [-0.05, 0) is 48.5 Å². The molecule has 0 aromatic heterocycles. The average molecular weight is 614 g/mol. The van der Waals surface area contributed by atoms with E-state index in [-0.39, 0.29) is 47.7 Å². The van der Waals surface area contributed by atoms with E-state index in [1.807, 2.05) is 58.0 Å². The van der Waals surface area contributed by atoms with Crippen LogP contribution in [0.3, 0.4) is 0 Å². The Labute approximate surface area is 265 Å². The molecule has 6 atom stereocenters. The number of rotatable bonds is 19. The Morgan fingerprint density at radius 2 is 1.50 bits per heavy atom. The number of ketones is 1. The molecular formula is C36H59N3O5. The maximum Gasteiger partial charge on any atom is 0.243 e. The second-order valence-corrected chi connectivity index (χ2v) is 13.6. The third-order valence-corrected chi connectivity index (χ3v) is 9.33. The highest BCUT2D eigenvalue weighted by Gasteiger charge is 2.32. The molecule has 8 nitrogen and oxygen atoms in total. The molecule has 1 aromatic rings. The van der Waals surface area contributed by atoms with Gasteiger partial charge in [0.25, 0.3) is 0 Å². The van der Waals surface area contributed by atoms with Crippen molar-refractivity contribution < 1.29 is 24.3 Å². The van der Waals surface area contributed by atoms with Gasteiger partial charge in [0, 0.05) is 20.3 Å². The van der Waals surface area contributed by atoms with Crippen LogP contribution >= 0.6 is 0 Å². The van der Waals surface area contributed by atoms with Crippen LogP contribution in [0.5, 0.6) is 0 Å². The van der Waals surface area contributed by atoms with Gasteiger partial charge in [0.1, 0.15) is 6.04 Å². The highest BCUT2D eigenvalue weighted by Crippen LogP contribution is 2.30. The summed E-state index contributed by atoms with van der Waals surface area (Å²) in [6.45, 7) is 10.6. The molecule has 1 saturated carbocycles. The second-order valence-electron chi connectivity index (χ2n) is 13.6. The van der Waals surface area contributed by atoms with Crippen LogP contribution in [0.4, 0.5) is 0 Å². The molecule has 2 rings (SSSR count). The van der Waals surface area contributed by atoms with Gasteiger partial charge < -0.3 is 21.1 Å². The average Bonchev–Trinajstić information content (AvgIpc) is 2.98. The van der Waals surface area contributed by atoms with Gasteiger partial charge >= 0.3 is 0 Å². The van der Waals surface area contributed by atoms with Gasteiger partial charge in [0.2, 0.25) is 17.7 Å². The Morgan fingerprint density at radius 1 is 0.886 bits per heavy atom. The highest BCUT2D eigenvalue weighted by atomic mass is 16.3. The molecular weight excluding hydrogens is 554 g/mol. The molecule has 44 heavy (non-hydrogen) atoms. The van der Waals surface area contributed by atoms with Crippen molar-refractivity contribution in [1.29, 1.82) is 0 Å². The number of Topliss-reactive ketones (excluding diaryl/α,β-unsaturated/α-hetero) is 1. The number of carbonyl (C=O) groups excluding carboxylic acids is 4. The summed E-state index contributed by atoms with van der Waals surface area (Å²) in [5.41, 5.74) is 0.977. The van der Waals surface area contributed by atoms with E-state index in [4.69, 9.17) is 0 Å². The Kier molecular flexibility index (Phi) is 16.7. The molecule has 1 fully saturated rings. The SMILES string of the molecule is CCC(C)[C@H](NC(C)=O)C(=O)C[C@@H](CCCC1CCCCC1)C[C@H](O)[C@H](Cc1ccccc1)NC(=O)[C@@H](NC(C)=O)C(C)C. The number of hydrogen-bond acceptors (Lipinski definition) is 5. The zero-order valence-electron chi connectivity index (χ0n) is 28.1. The second kappa shape index (κ2) is 19.6. The van der Waals surface area contributed by atoms with Gasteiger partial charge in [-0.15, -0.1) is 0 Å². The fourth-order valence-corrected chi connectivity index (χ4v) is 6.56. The van der Waals surface area contributed by atoms with Gasteiger partial charge in [-0.1, -0.05) is 109 Å². The molecule has 1 unspecified atom stereocenters. The maximum absolute atomic E-state index is 13.6. The summed E-state index contributed by atoms with van der Waals surface area (Å²) in [4.78, 5) is 50.8. The number of hydrogen-bond donors (Lipinski definition) is 4. The molecule has 8 heteroatoms. The van der Waals surface area contributed by atoms with Gasteiger partial charge in [0.15, 0.2) is 5.78 Å². The lowest BCUT2D eigenvalue weighted by Crippen LogP contribution is -2.55. The summed E-state index contributed by atoms with van der Waals surface area (Å²) in [5, 5.41) is 20.4. The van der Waals surface area contributed by atoms with Gasteiger partial charge in [-0.2, -0.15) is 0 Å². The van der Waals surface area contributed by atoms with Crippen molar-refractivity contribution in [3.8, 4) is 0 Å². The number of aliphatic hydroxyl groups is 1. The van der Waals surface area contributed by atoms with Crippen molar-refractivity contribution in [2.75, 3.05) is 0 Å². The number of nitrogens with one attached hydrogen (secondary N) is 3. The van der Waals surface area contributed by atoms with Crippen LogP contribution in [0.2, 0.25) is 0 Å². The Bertz CT molecular complexity index is 1020. The minimum atomic E-state index is -0.903. The minimum Gasteiger partial charge on any atom is -0.391 e. The summed E-state index contributed by atoms with van der Waals surface area (Å²) < 4.78 is 0. The van der Waals surface area contributed by atoms with Crippen molar-refractivity contribution >= 4 is 23.5 Å².